The van der Waals surface area contributed by atoms with Gasteiger partial charge in [-0.3, -0.25) is 4.72 Å². The smallest absolute Gasteiger partial charge is 0.262 e. The SMILES string of the molecule is Cc1nc(Nc2ccc(NS(=O)(=O)c3ccc(F)cc3C)cc2)cc(N(C)C)n1. The van der Waals surface area contributed by atoms with Crippen LogP contribution in [0.25, 0.3) is 0 Å². The maximum Gasteiger partial charge on any atom is 0.262 e. The first-order valence-electron chi connectivity index (χ1n) is 8.83. The van der Waals surface area contributed by atoms with Crippen molar-refractivity contribution in [2.24, 2.45) is 0 Å². The van der Waals surface area contributed by atoms with Gasteiger partial charge in [0, 0.05) is 31.5 Å². The van der Waals surface area contributed by atoms with Gasteiger partial charge >= 0.3 is 0 Å². The standard InChI is InChI=1S/C20H22FN5O2S/c1-13-11-15(21)5-10-18(13)29(27,28)25-17-8-6-16(7-9-17)24-19-12-20(26(3)4)23-14(2)22-19/h5-12,25H,1-4H3,(H,22,23,24). The fourth-order valence-corrected chi connectivity index (χ4v) is 4.03. The molecule has 0 spiro atoms. The highest BCUT2D eigenvalue weighted by Gasteiger charge is 2.17. The molecule has 0 saturated carbocycles. The van der Waals surface area contributed by atoms with Crippen LogP contribution in [-0.4, -0.2) is 32.5 Å². The third kappa shape index (κ3) is 5.00. The molecule has 1 heterocycles. The van der Waals surface area contributed by atoms with Gasteiger partial charge in [-0.2, -0.15) is 0 Å². The topological polar surface area (TPSA) is 87.2 Å². The van der Waals surface area contributed by atoms with Crippen LogP contribution in [0.1, 0.15) is 11.4 Å². The highest BCUT2D eigenvalue weighted by Crippen LogP contribution is 2.23. The fraction of sp³-hybridized carbons (Fsp3) is 0.200. The second-order valence-corrected chi connectivity index (χ2v) is 8.42. The molecule has 7 nitrogen and oxygen atoms in total. The lowest BCUT2D eigenvalue weighted by Crippen LogP contribution is -2.14. The Balaban J connectivity index is 1.77. The zero-order valence-corrected chi connectivity index (χ0v) is 17.4. The van der Waals surface area contributed by atoms with Crippen molar-refractivity contribution in [2.45, 2.75) is 18.7 Å². The fourth-order valence-electron chi connectivity index (χ4n) is 2.74. The average Bonchev–Trinajstić information content (AvgIpc) is 2.62. The second-order valence-electron chi connectivity index (χ2n) is 6.77. The molecule has 3 rings (SSSR count). The molecule has 0 aliphatic rings. The molecule has 0 bridgehead atoms. The summed E-state index contributed by atoms with van der Waals surface area (Å²) in [4.78, 5) is 10.6. The summed E-state index contributed by atoms with van der Waals surface area (Å²) in [6.07, 6.45) is 0. The van der Waals surface area contributed by atoms with E-state index in [-0.39, 0.29) is 4.90 Å². The van der Waals surface area contributed by atoms with E-state index in [2.05, 4.69) is 20.0 Å². The lowest BCUT2D eigenvalue weighted by atomic mass is 10.2. The lowest BCUT2D eigenvalue weighted by molar-refractivity contribution is 0.598. The molecule has 0 saturated heterocycles. The third-order valence-corrected chi connectivity index (χ3v) is 5.66. The van der Waals surface area contributed by atoms with Crippen LogP contribution in [0, 0.1) is 19.7 Å². The summed E-state index contributed by atoms with van der Waals surface area (Å²) in [5.41, 5.74) is 1.48. The Morgan fingerprint density at radius 3 is 2.21 bits per heavy atom. The molecule has 1 aromatic heterocycles. The quantitative estimate of drug-likeness (QED) is 0.636. The number of nitrogens with zero attached hydrogens (tertiary/aromatic N) is 3. The number of benzene rings is 2. The largest absolute Gasteiger partial charge is 0.363 e. The maximum atomic E-state index is 13.2. The van der Waals surface area contributed by atoms with E-state index in [1.807, 2.05) is 32.0 Å². The Labute approximate surface area is 169 Å². The van der Waals surface area contributed by atoms with Crippen molar-refractivity contribution in [3.05, 3.63) is 65.7 Å². The van der Waals surface area contributed by atoms with E-state index in [4.69, 9.17) is 0 Å². The van der Waals surface area contributed by atoms with Crippen LogP contribution >= 0.6 is 0 Å². The van der Waals surface area contributed by atoms with Gasteiger partial charge in [-0.25, -0.2) is 22.8 Å². The molecular formula is C20H22FN5O2S. The number of rotatable bonds is 6. The number of aromatic nitrogens is 2. The summed E-state index contributed by atoms with van der Waals surface area (Å²) in [7, 11) is -0.0203. The normalized spacial score (nSPS) is 11.2. The summed E-state index contributed by atoms with van der Waals surface area (Å²) in [6.45, 7) is 3.36. The minimum absolute atomic E-state index is 0.0359. The molecule has 2 aromatic carbocycles. The number of hydrogen-bond donors (Lipinski definition) is 2. The van der Waals surface area contributed by atoms with Gasteiger partial charge in [0.1, 0.15) is 23.3 Å². The summed E-state index contributed by atoms with van der Waals surface area (Å²) in [6, 6.07) is 12.1. The van der Waals surface area contributed by atoms with Crippen LogP contribution in [0.3, 0.4) is 0 Å². The van der Waals surface area contributed by atoms with Crippen LogP contribution < -0.4 is 14.9 Å². The molecule has 0 aliphatic heterocycles. The summed E-state index contributed by atoms with van der Waals surface area (Å²) in [5, 5.41) is 3.18. The van der Waals surface area contributed by atoms with Gasteiger partial charge in [0.2, 0.25) is 0 Å². The van der Waals surface area contributed by atoms with E-state index in [9.17, 15) is 12.8 Å². The highest BCUT2D eigenvalue weighted by molar-refractivity contribution is 7.92. The van der Waals surface area contributed by atoms with Crippen molar-refractivity contribution < 1.29 is 12.8 Å². The molecule has 29 heavy (non-hydrogen) atoms. The van der Waals surface area contributed by atoms with E-state index in [0.717, 1.165) is 17.6 Å². The summed E-state index contributed by atoms with van der Waals surface area (Å²) >= 11 is 0. The van der Waals surface area contributed by atoms with Gasteiger partial charge in [0.05, 0.1) is 4.90 Å². The van der Waals surface area contributed by atoms with Crippen molar-refractivity contribution in [3.63, 3.8) is 0 Å². The van der Waals surface area contributed by atoms with Crippen molar-refractivity contribution in [2.75, 3.05) is 29.0 Å². The Bertz CT molecular complexity index is 1130. The van der Waals surface area contributed by atoms with E-state index >= 15 is 0 Å². The first-order chi connectivity index (χ1) is 13.6. The number of hydrogen-bond acceptors (Lipinski definition) is 6. The van der Waals surface area contributed by atoms with Crippen molar-refractivity contribution in [3.8, 4) is 0 Å². The van der Waals surface area contributed by atoms with Gasteiger partial charge in [-0.1, -0.05) is 0 Å². The van der Waals surface area contributed by atoms with E-state index in [0.29, 0.717) is 22.9 Å². The van der Waals surface area contributed by atoms with E-state index in [1.165, 1.54) is 12.1 Å². The highest BCUT2D eigenvalue weighted by atomic mass is 32.2. The number of sulfonamides is 1. The monoisotopic (exact) mass is 415 g/mol. The van der Waals surface area contributed by atoms with Crippen LogP contribution in [0.2, 0.25) is 0 Å². The predicted molar refractivity (Wildman–Crippen MR) is 113 cm³/mol. The zero-order valence-electron chi connectivity index (χ0n) is 16.6. The molecule has 0 unspecified atom stereocenters. The predicted octanol–water partition coefficient (Wildman–Crippen LogP) is 3.84. The number of halogens is 1. The molecule has 0 aliphatic carbocycles. The Morgan fingerprint density at radius 2 is 1.59 bits per heavy atom. The second kappa shape index (κ2) is 8.04. The van der Waals surface area contributed by atoms with Crippen LogP contribution in [0.5, 0.6) is 0 Å². The number of anilines is 4. The van der Waals surface area contributed by atoms with Gasteiger partial charge in [-0.15, -0.1) is 0 Å². The summed E-state index contributed by atoms with van der Waals surface area (Å²) in [5.74, 6) is 1.57. The van der Waals surface area contributed by atoms with Gasteiger partial charge < -0.3 is 10.2 Å². The zero-order chi connectivity index (χ0) is 21.2. The van der Waals surface area contributed by atoms with Gasteiger partial charge in [0.15, 0.2) is 0 Å². The first kappa shape index (κ1) is 20.5. The summed E-state index contributed by atoms with van der Waals surface area (Å²) < 4.78 is 40.9. The van der Waals surface area contributed by atoms with Crippen molar-refractivity contribution in [1.29, 1.82) is 0 Å². The Kier molecular flexibility index (Phi) is 5.69. The van der Waals surface area contributed by atoms with Crippen LogP contribution in [0.15, 0.2) is 53.4 Å². The Morgan fingerprint density at radius 1 is 0.931 bits per heavy atom. The third-order valence-electron chi connectivity index (χ3n) is 4.12. The van der Waals surface area contributed by atoms with Gasteiger partial charge in [-0.05, 0) is 61.9 Å². The molecule has 0 fully saturated rings. The number of nitrogens with one attached hydrogen (secondary N) is 2. The molecule has 3 aromatic rings. The minimum Gasteiger partial charge on any atom is -0.363 e. The molecule has 2 N–H and O–H groups in total. The maximum absolute atomic E-state index is 13.2. The van der Waals surface area contributed by atoms with Crippen LogP contribution in [-0.2, 0) is 10.0 Å². The van der Waals surface area contributed by atoms with Gasteiger partial charge in [0.25, 0.3) is 10.0 Å². The average molecular weight is 415 g/mol. The lowest BCUT2D eigenvalue weighted by Gasteiger charge is -2.14. The molecule has 0 atom stereocenters. The molecule has 9 heteroatoms. The van der Waals surface area contributed by atoms with E-state index in [1.54, 1.807) is 31.2 Å². The minimum atomic E-state index is -3.82. The van der Waals surface area contributed by atoms with Crippen molar-refractivity contribution >= 4 is 33.0 Å². The van der Waals surface area contributed by atoms with Crippen molar-refractivity contribution in [1.82, 2.24) is 9.97 Å². The number of aryl methyl sites for hydroxylation is 2. The van der Waals surface area contributed by atoms with E-state index < -0.39 is 15.8 Å². The molecule has 0 radical (unpaired) electrons. The molecular weight excluding hydrogens is 393 g/mol. The van der Waals surface area contributed by atoms with Crippen LogP contribution in [0.4, 0.5) is 27.4 Å². The molecule has 0 amide bonds. The Hall–Kier alpha value is -3.20. The molecule has 152 valence electrons. The first-order valence-corrected chi connectivity index (χ1v) is 10.3.